The van der Waals surface area contributed by atoms with Gasteiger partial charge in [-0.2, -0.15) is 11.8 Å². The molecule has 0 aliphatic rings. The summed E-state index contributed by atoms with van der Waals surface area (Å²) < 4.78 is 0. The second-order valence-corrected chi connectivity index (χ2v) is 5.10. The molecule has 0 aliphatic carbocycles. The lowest BCUT2D eigenvalue weighted by atomic mass is 9.96. The molecule has 15 heavy (non-hydrogen) atoms. The van der Waals surface area contributed by atoms with E-state index in [0.717, 1.165) is 18.6 Å². The molecule has 2 N–H and O–H groups in total. The summed E-state index contributed by atoms with van der Waals surface area (Å²) in [7, 11) is 0. The summed E-state index contributed by atoms with van der Waals surface area (Å²) in [5.41, 5.74) is 10.3. The number of thioether (sulfide) groups is 1. The molecular weight excluding hydrogens is 202 g/mol. The van der Waals surface area contributed by atoms with Gasteiger partial charge in [-0.25, -0.2) is 0 Å². The van der Waals surface area contributed by atoms with Gasteiger partial charge in [-0.15, -0.1) is 0 Å². The molecule has 1 rings (SSSR count). The van der Waals surface area contributed by atoms with Crippen LogP contribution in [0, 0.1) is 13.8 Å². The molecule has 0 spiro atoms. The maximum Gasteiger partial charge on any atom is 0.00873 e. The first-order valence-corrected chi connectivity index (χ1v) is 6.84. The van der Waals surface area contributed by atoms with Crippen molar-refractivity contribution >= 4 is 11.8 Å². The Bertz CT molecular complexity index is 289. The Balaban J connectivity index is 2.63. The van der Waals surface area contributed by atoms with Crippen LogP contribution >= 0.6 is 11.8 Å². The number of hydrogen-bond acceptors (Lipinski definition) is 2. The number of aryl methyl sites for hydroxylation is 2. The number of nitrogens with two attached hydrogens (primary N) is 1. The van der Waals surface area contributed by atoms with Crippen LogP contribution in [0.2, 0.25) is 0 Å². The predicted octanol–water partition coefficient (Wildman–Crippen LogP) is 2.93. The van der Waals surface area contributed by atoms with E-state index in [9.17, 15) is 0 Å². The molecule has 0 radical (unpaired) electrons. The van der Waals surface area contributed by atoms with Crippen molar-refractivity contribution in [3.8, 4) is 0 Å². The van der Waals surface area contributed by atoms with Gasteiger partial charge in [0.1, 0.15) is 0 Å². The smallest absolute Gasteiger partial charge is 0.00873 e. The Hall–Kier alpha value is -0.470. The molecule has 0 heterocycles. The van der Waals surface area contributed by atoms with Crippen molar-refractivity contribution in [2.24, 2.45) is 5.73 Å². The minimum absolute atomic E-state index is 0.303. The molecule has 1 aromatic rings. The molecule has 84 valence electrons. The van der Waals surface area contributed by atoms with Crippen LogP contribution in [0.5, 0.6) is 0 Å². The van der Waals surface area contributed by atoms with Gasteiger partial charge in [0.25, 0.3) is 0 Å². The van der Waals surface area contributed by atoms with Gasteiger partial charge in [-0.3, -0.25) is 0 Å². The molecule has 2 heteroatoms. The highest BCUT2D eigenvalue weighted by molar-refractivity contribution is 7.98. The second-order valence-electron chi connectivity index (χ2n) is 4.12. The highest BCUT2D eigenvalue weighted by Crippen LogP contribution is 2.16. The molecule has 0 saturated heterocycles. The van der Waals surface area contributed by atoms with Gasteiger partial charge >= 0.3 is 0 Å². The Morgan fingerprint density at radius 3 is 2.40 bits per heavy atom. The molecule has 0 saturated carbocycles. The quantitative estimate of drug-likeness (QED) is 0.830. The van der Waals surface area contributed by atoms with Gasteiger partial charge in [0, 0.05) is 6.04 Å². The molecule has 0 bridgehead atoms. The van der Waals surface area contributed by atoms with E-state index in [1.165, 1.54) is 16.7 Å². The summed E-state index contributed by atoms with van der Waals surface area (Å²) >= 11 is 1.87. The highest BCUT2D eigenvalue weighted by atomic mass is 32.2. The van der Waals surface area contributed by atoms with Crippen molar-refractivity contribution in [1.82, 2.24) is 0 Å². The Kier molecular flexibility index (Phi) is 5.20. The van der Waals surface area contributed by atoms with E-state index in [1.54, 1.807) is 0 Å². The van der Waals surface area contributed by atoms with Crippen molar-refractivity contribution in [1.29, 1.82) is 0 Å². The van der Waals surface area contributed by atoms with Crippen molar-refractivity contribution in [3.05, 3.63) is 34.9 Å². The normalized spacial score (nSPS) is 12.8. The fourth-order valence-corrected chi connectivity index (χ4v) is 2.34. The first-order valence-electron chi connectivity index (χ1n) is 5.44. The van der Waals surface area contributed by atoms with Crippen LogP contribution in [-0.2, 0) is 6.42 Å². The molecule has 0 aromatic heterocycles. The zero-order valence-corrected chi connectivity index (χ0v) is 10.7. The monoisotopic (exact) mass is 223 g/mol. The number of benzene rings is 1. The van der Waals surface area contributed by atoms with Gasteiger partial charge in [0.05, 0.1) is 0 Å². The molecular formula is C13H21NS. The fraction of sp³-hybridized carbons (Fsp3) is 0.538. The minimum atomic E-state index is 0.303. The van der Waals surface area contributed by atoms with Crippen molar-refractivity contribution in [2.45, 2.75) is 32.7 Å². The maximum atomic E-state index is 6.12. The van der Waals surface area contributed by atoms with E-state index in [0.29, 0.717) is 6.04 Å². The van der Waals surface area contributed by atoms with E-state index >= 15 is 0 Å². The first kappa shape index (κ1) is 12.6. The largest absolute Gasteiger partial charge is 0.327 e. The van der Waals surface area contributed by atoms with Crippen LogP contribution in [0.15, 0.2) is 18.2 Å². The van der Waals surface area contributed by atoms with Crippen molar-refractivity contribution in [3.63, 3.8) is 0 Å². The Morgan fingerprint density at radius 2 is 1.87 bits per heavy atom. The lowest BCUT2D eigenvalue weighted by molar-refractivity contribution is 0.648. The zero-order valence-electron chi connectivity index (χ0n) is 9.92. The third-order valence-electron chi connectivity index (χ3n) is 2.80. The van der Waals surface area contributed by atoms with Crippen LogP contribution in [0.25, 0.3) is 0 Å². The van der Waals surface area contributed by atoms with Crippen LogP contribution < -0.4 is 5.73 Å². The second kappa shape index (κ2) is 6.19. The van der Waals surface area contributed by atoms with Crippen LogP contribution in [0.3, 0.4) is 0 Å². The fourth-order valence-electron chi connectivity index (χ4n) is 1.80. The van der Waals surface area contributed by atoms with Gasteiger partial charge in [0.15, 0.2) is 0 Å². The molecule has 0 amide bonds. The maximum absolute atomic E-state index is 6.12. The van der Waals surface area contributed by atoms with Gasteiger partial charge in [-0.1, -0.05) is 18.2 Å². The van der Waals surface area contributed by atoms with Crippen LogP contribution in [0.1, 0.15) is 23.1 Å². The standard InChI is InChI=1S/C13H21NS/c1-10-5-4-6-11(2)13(10)9-12(14)7-8-15-3/h4-6,12H,7-9,14H2,1-3H3. The van der Waals surface area contributed by atoms with E-state index in [2.05, 4.69) is 38.3 Å². The summed E-state index contributed by atoms with van der Waals surface area (Å²) in [4.78, 5) is 0. The summed E-state index contributed by atoms with van der Waals surface area (Å²) in [5, 5.41) is 0. The summed E-state index contributed by atoms with van der Waals surface area (Å²) in [6.07, 6.45) is 4.25. The summed E-state index contributed by atoms with van der Waals surface area (Å²) in [6, 6.07) is 6.76. The topological polar surface area (TPSA) is 26.0 Å². The zero-order chi connectivity index (χ0) is 11.3. The highest BCUT2D eigenvalue weighted by Gasteiger charge is 2.07. The predicted molar refractivity (Wildman–Crippen MR) is 70.6 cm³/mol. The lowest BCUT2D eigenvalue weighted by Gasteiger charge is -2.15. The number of hydrogen-bond donors (Lipinski definition) is 1. The Labute approximate surface area is 97.4 Å². The Morgan fingerprint density at radius 1 is 1.27 bits per heavy atom. The van der Waals surface area contributed by atoms with Crippen molar-refractivity contribution in [2.75, 3.05) is 12.0 Å². The van der Waals surface area contributed by atoms with E-state index in [4.69, 9.17) is 5.73 Å². The average molecular weight is 223 g/mol. The van der Waals surface area contributed by atoms with Gasteiger partial charge in [-0.05, 0) is 55.4 Å². The lowest BCUT2D eigenvalue weighted by Crippen LogP contribution is -2.24. The van der Waals surface area contributed by atoms with Gasteiger partial charge < -0.3 is 5.73 Å². The van der Waals surface area contributed by atoms with Crippen LogP contribution in [0.4, 0.5) is 0 Å². The minimum Gasteiger partial charge on any atom is -0.327 e. The first-order chi connectivity index (χ1) is 7.15. The molecule has 1 unspecified atom stereocenters. The van der Waals surface area contributed by atoms with E-state index < -0.39 is 0 Å². The van der Waals surface area contributed by atoms with Gasteiger partial charge in [0.2, 0.25) is 0 Å². The molecule has 0 aliphatic heterocycles. The van der Waals surface area contributed by atoms with E-state index in [1.807, 2.05) is 11.8 Å². The average Bonchev–Trinajstić information content (AvgIpc) is 2.21. The molecule has 1 nitrogen and oxygen atoms in total. The summed E-state index contributed by atoms with van der Waals surface area (Å²) in [6.45, 7) is 4.34. The molecule has 0 fully saturated rings. The molecule has 1 atom stereocenters. The SMILES string of the molecule is CSCCC(N)Cc1c(C)cccc1C. The third-order valence-corrected chi connectivity index (χ3v) is 3.45. The van der Waals surface area contributed by atoms with Crippen molar-refractivity contribution < 1.29 is 0 Å². The number of rotatable bonds is 5. The third kappa shape index (κ3) is 3.88. The van der Waals surface area contributed by atoms with Crippen LogP contribution in [-0.4, -0.2) is 18.1 Å². The summed E-state index contributed by atoms with van der Waals surface area (Å²) in [5.74, 6) is 1.16. The van der Waals surface area contributed by atoms with E-state index in [-0.39, 0.29) is 0 Å². The molecule has 1 aromatic carbocycles.